The van der Waals surface area contributed by atoms with Crippen LogP contribution in [0, 0.1) is 11.3 Å². The fourth-order valence-corrected chi connectivity index (χ4v) is 3.58. The van der Waals surface area contributed by atoms with E-state index in [1.54, 1.807) is 55.7 Å². The summed E-state index contributed by atoms with van der Waals surface area (Å²) in [6.45, 7) is 1.96. The molecule has 4 rings (SSSR count). The Hall–Kier alpha value is -4.20. The molecule has 1 atom stereocenters. The van der Waals surface area contributed by atoms with E-state index >= 15 is 0 Å². The van der Waals surface area contributed by atoms with Crippen LogP contribution in [0.1, 0.15) is 29.9 Å². The minimum Gasteiger partial charge on any atom is -0.487 e. The van der Waals surface area contributed by atoms with Crippen LogP contribution in [0.2, 0.25) is 10.0 Å². The number of aromatic nitrogens is 5. The number of carbonyl (C=O) groups excluding carboxylic acids is 1. The van der Waals surface area contributed by atoms with E-state index in [4.69, 9.17) is 33.2 Å². The third-order valence-electron chi connectivity index (χ3n) is 4.80. The quantitative estimate of drug-likeness (QED) is 0.369. The molecule has 0 aliphatic carbocycles. The summed E-state index contributed by atoms with van der Waals surface area (Å²) in [5.41, 5.74) is 1.71. The van der Waals surface area contributed by atoms with Crippen LogP contribution in [0.15, 0.2) is 61.2 Å². The van der Waals surface area contributed by atoms with Crippen molar-refractivity contribution in [3.8, 4) is 17.8 Å². The van der Waals surface area contributed by atoms with Crippen LogP contribution in [0.5, 0.6) is 5.75 Å². The highest BCUT2D eigenvalue weighted by Gasteiger charge is 2.19. The normalized spacial score (nSPS) is 11.4. The number of rotatable bonds is 7. The number of anilines is 1. The minimum atomic E-state index is -0.528. The molecule has 2 aromatic heterocycles. The van der Waals surface area contributed by atoms with Gasteiger partial charge in [-0.25, -0.2) is 19.7 Å². The molecule has 0 saturated heterocycles. The van der Waals surface area contributed by atoms with Crippen molar-refractivity contribution in [2.75, 3.05) is 5.32 Å². The third kappa shape index (κ3) is 5.84. The van der Waals surface area contributed by atoms with E-state index in [-0.39, 0.29) is 11.6 Å². The maximum atomic E-state index is 12.7. The van der Waals surface area contributed by atoms with Crippen LogP contribution in [-0.4, -0.2) is 30.8 Å². The molecule has 2 N–H and O–H groups in total. The summed E-state index contributed by atoms with van der Waals surface area (Å²) in [5, 5.41) is 19.1. The number of amides is 2. The van der Waals surface area contributed by atoms with Crippen LogP contribution < -0.4 is 15.4 Å². The van der Waals surface area contributed by atoms with Crippen molar-refractivity contribution in [1.29, 1.82) is 5.26 Å². The van der Waals surface area contributed by atoms with Gasteiger partial charge in [-0.15, -0.1) is 0 Å². The van der Waals surface area contributed by atoms with Gasteiger partial charge in [0.25, 0.3) is 5.95 Å². The average molecular weight is 509 g/mol. The molecule has 0 spiro atoms. The molecule has 176 valence electrons. The van der Waals surface area contributed by atoms with Crippen molar-refractivity contribution in [2.24, 2.45) is 0 Å². The molecule has 10 nitrogen and oxygen atoms in total. The van der Waals surface area contributed by atoms with E-state index in [1.807, 2.05) is 0 Å². The molecular formula is C23H18Cl2N8O2. The first-order valence-electron chi connectivity index (χ1n) is 10.3. The first kappa shape index (κ1) is 23.9. The summed E-state index contributed by atoms with van der Waals surface area (Å²) in [4.78, 5) is 25.2. The summed E-state index contributed by atoms with van der Waals surface area (Å²) in [6, 6.07) is 12.7. The zero-order valence-corrected chi connectivity index (χ0v) is 19.8. The van der Waals surface area contributed by atoms with E-state index in [2.05, 4.69) is 36.8 Å². The Morgan fingerprint density at radius 1 is 1.14 bits per heavy atom. The highest BCUT2D eigenvalue weighted by atomic mass is 35.5. The van der Waals surface area contributed by atoms with Crippen molar-refractivity contribution in [3.05, 3.63) is 88.2 Å². The number of hydrogen-bond donors (Lipinski definition) is 2. The van der Waals surface area contributed by atoms with Gasteiger partial charge in [0, 0.05) is 18.5 Å². The number of nitrogens with zero attached hydrogens (tertiary/aromatic N) is 6. The average Bonchev–Trinajstić information content (AvgIpc) is 3.36. The maximum Gasteiger partial charge on any atom is 0.319 e. The molecule has 0 aliphatic rings. The second-order valence-electron chi connectivity index (χ2n) is 7.26. The zero-order valence-electron chi connectivity index (χ0n) is 18.3. The molecule has 0 unspecified atom stereocenters. The van der Waals surface area contributed by atoms with Gasteiger partial charge in [0.2, 0.25) is 0 Å². The summed E-state index contributed by atoms with van der Waals surface area (Å²) in [5.74, 6) is 1.11. The highest BCUT2D eigenvalue weighted by molar-refractivity contribution is 6.37. The molecule has 0 radical (unpaired) electrons. The van der Waals surface area contributed by atoms with E-state index in [9.17, 15) is 4.79 Å². The monoisotopic (exact) mass is 508 g/mol. The van der Waals surface area contributed by atoms with Crippen LogP contribution in [-0.2, 0) is 6.61 Å². The Labute approximate surface area is 210 Å². The number of urea groups is 1. The predicted octanol–water partition coefficient (Wildman–Crippen LogP) is 4.70. The maximum absolute atomic E-state index is 12.7. The summed E-state index contributed by atoms with van der Waals surface area (Å²) in [7, 11) is 0. The first-order chi connectivity index (χ1) is 16.9. The van der Waals surface area contributed by atoms with E-state index in [0.717, 1.165) is 5.56 Å². The van der Waals surface area contributed by atoms with Crippen molar-refractivity contribution in [2.45, 2.75) is 19.6 Å². The number of ether oxygens (including phenoxy) is 1. The molecule has 0 aliphatic heterocycles. The summed E-state index contributed by atoms with van der Waals surface area (Å²) in [6.07, 6.45) is 4.53. The minimum absolute atomic E-state index is 0.215. The lowest BCUT2D eigenvalue weighted by atomic mass is 10.1. The lowest BCUT2D eigenvalue weighted by Gasteiger charge is -2.16. The largest absolute Gasteiger partial charge is 0.487 e. The Morgan fingerprint density at radius 3 is 2.60 bits per heavy atom. The number of hydrogen-bond acceptors (Lipinski definition) is 7. The molecule has 35 heavy (non-hydrogen) atoms. The van der Waals surface area contributed by atoms with Gasteiger partial charge in [-0.3, -0.25) is 0 Å². The van der Waals surface area contributed by atoms with Crippen LogP contribution in [0.4, 0.5) is 10.5 Å². The lowest BCUT2D eigenvalue weighted by Crippen LogP contribution is -2.32. The number of benzene rings is 2. The third-order valence-corrected chi connectivity index (χ3v) is 5.41. The standard InChI is InChI=1S/C23H18Cl2N8O2/c1-14(21-29-13-30-33(21)22-27-7-2-8-28-22)31-23(34)32-19-10-20(18(25)9-17(19)24)35-12-16-5-3-15(11-26)4-6-16/h2-10,13-14H,12H2,1H3,(H2,31,32,34)/t14-/m0/s1. The van der Waals surface area contributed by atoms with E-state index < -0.39 is 12.1 Å². The smallest absolute Gasteiger partial charge is 0.319 e. The Morgan fingerprint density at radius 2 is 1.89 bits per heavy atom. The van der Waals surface area contributed by atoms with Gasteiger partial charge in [-0.1, -0.05) is 35.3 Å². The number of halogens is 2. The molecule has 0 saturated carbocycles. The Balaban J connectivity index is 1.43. The molecular weight excluding hydrogens is 491 g/mol. The van der Waals surface area contributed by atoms with Gasteiger partial charge < -0.3 is 15.4 Å². The van der Waals surface area contributed by atoms with Crippen molar-refractivity contribution in [1.82, 2.24) is 30.0 Å². The summed E-state index contributed by atoms with van der Waals surface area (Å²) >= 11 is 12.6. The van der Waals surface area contributed by atoms with Gasteiger partial charge in [-0.05, 0) is 36.8 Å². The number of nitrogens with one attached hydrogen (secondary N) is 2. The van der Waals surface area contributed by atoms with Crippen LogP contribution in [0.3, 0.4) is 0 Å². The Bertz CT molecular complexity index is 1370. The van der Waals surface area contributed by atoms with Gasteiger partial charge in [-0.2, -0.15) is 15.0 Å². The zero-order chi connectivity index (χ0) is 24.8. The fraction of sp³-hybridized carbons (Fsp3) is 0.130. The van der Waals surface area contributed by atoms with E-state index in [0.29, 0.717) is 33.8 Å². The summed E-state index contributed by atoms with van der Waals surface area (Å²) < 4.78 is 7.24. The molecule has 12 heteroatoms. The van der Waals surface area contributed by atoms with Crippen LogP contribution in [0.25, 0.3) is 5.95 Å². The van der Waals surface area contributed by atoms with Crippen molar-refractivity contribution < 1.29 is 9.53 Å². The second kappa shape index (κ2) is 10.8. The van der Waals surface area contributed by atoms with E-state index in [1.165, 1.54) is 17.1 Å². The molecule has 4 aromatic rings. The van der Waals surface area contributed by atoms with Gasteiger partial charge >= 0.3 is 6.03 Å². The molecule has 0 bridgehead atoms. The lowest BCUT2D eigenvalue weighted by molar-refractivity contribution is 0.248. The van der Waals surface area contributed by atoms with Gasteiger partial charge in [0.15, 0.2) is 5.82 Å². The second-order valence-corrected chi connectivity index (χ2v) is 8.07. The number of nitriles is 1. The van der Waals surface area contributed by atoms with Gasteiger partial charge in [0.05, 0.1) is 33.4 Å². The molecule has 2 heterocycles. The molecule has 2 amide bonds. The fourth-order valence-electron chi connectivity index (χ4n) is 3.09. The first-order valence-corrected chi connectivity index (χ1v) is 11.1. The Kier molecular flexibility index (Phi) is 7.40. The predicted molar refractivity (Wildman–Crippen MR) is 129 cm³/mol. The van der Waals surface area contributed by atoms with Crippen molar-refractivity contribution in [3.63, 3.8) is 0 Å². The molecule has 2 aromatic carbocycles. The highest BCUT2D eigenvalue weighted by Crippen LogP contribution is 2.34. The topological polar surface area (TPSA) is 131 Å². The SMILES string of the molecule is C[C@H](NC(=O)Nc1cc(OCc2ccc(C#N)cc2)c(Cl)cc1Cl)c1ncnn1-c1ncccn1. The van der Waals surface area contributed by atoms with Gasteiger partial charge in [0.1, 0.15) is 18.7 Å². The molecule has 0 fully saturated rings. The van der Waals surface area contributed by atoms with Crippen molar-refractivity contribution >= 4 is 34.9 Å². The number of carbonyl (C=O) groups is 1. The van der Waals surface area contributed by atoms with Crippen LogP contribution >= 0.6 is 23.2 Å².